The lowest BCUT2D eigenvalue weighted by molar-refractivity contribution is 0.396. The number of hydrogen-bond acceptors (Lipinski definition) is 2. The van der Waals surface area contributed by atoms with Gasteiger partial charge in [-0.05, 0) is 24.3 Å². The minimum absolute atomic E-state index is 0.269. The topological polar surface area (TPSA) is 26.0 Å². The molecule has 14 heavy (non-hydrogen) atoms. The van der Waals surface area contributed by atoms with Gasteiger partial charge in [0.1, 0.15) is 11.5 Å². The van der Waals surface area contributed by atoms with Gasteiger partial charge in [-0.3, -0.25) is 0 Å². The number of halogens is 2. The smallest absolute Gasteiger partial charge is 0.152 e. The van der Waals surface area contributed by atoms with Crippen molar-refractivity contribution in [3.8, 4) is 11.3 Å². The largest absolute Gasteiger partial charge is 0.359 e. The normalized spacial score (nSPS) is 10.4. The standard InChI is InChI=1S/C10H7ClFNO/c11-6-9-5-10(13-14-9)7-1-3-8(12)4-2-7/h1-5H,6H2. The number of alkyl halides is 1. The molecule has 0 spiro atoms. The molecule has 2 rings (SSSR count). The van der Waals surface area contributed by atoms with Crippen molar-refractivity contribution in [2.45, 2.75) is 5.88 Å². The Morgan fingerprint density at radius 2 is 2.00 bits per heavy atom. The van der Waals surface area contributed by atoms with Crippen LogP contribution in [0.2, 0.25) is 0 Å². The van der Waals surface area contributed by atoms with Crippen LogP contribution in [-0.2, 0) is 5.88 Å². The molecule has 0 aliphatic carbocycles. The molecule has 0 radical (unpaired) electrons. The quantitative estimate of drug-likeness (QED) is 0.713. The predicted octanol–water partition coefficient (Wildman–Crippen LogP) is 3.22. The van der Waals surface area contributed by atoms with Gasteiger partial charge in [0.15, 0.2) is 5.76 Å². The molecular weight excluding hydrogens is 205 g/mol. The molecule has 0 saturated heterocycles. The van der Waals surface area contributed by atoms with Gasteiger partial charge in [-0.25, -0.2) is 4.39 Å². The van der Waals surface area contributed by atoms with E-state index in [0.717, 1.165) is 5.56 Å². The summed E-state index contributed by atoms with van der Waals surface area (Å²) in [7, 11) is 0. The first-order valence-corrected chi connectivity index (χ1v) is 4.60. The monoisotopic (exact) mass is 211 g/mol. The van der Waals surface area contributed by atoms with Crippen molar-refractivity contribution < 1.29 is 8.91 Å². The lowest BCUT2D eigenvalue weighted by Gasteiger charge is -1.93. The predicted molar refractivity (Wildman–Crippen MR) is 51.5 cm³/mol. The fourth-order valence-corrected chi connectivity index (χ4v) is 1.26. The highest BCUT2D eigenvalue weighted by molar-refractivity contribution is 6.16. The van der Waals surface area contributed by atoms with E-state index in [1.165, 1.54) is 12.1 Å². The van der Waals surface area contributed by atoms with Gasteiger partial charge in [-0.15, -0.1) is 11.6 Å². The van der Waals surface area contributed by atoms with E-state index >= 15 is 0 Å². The maximum Gasteiger partial charge on any atom is 0.152 e. The van der Waals surface area contributed by atoms with Gasteiger partial charge >= 0.3 is 0 Å². The highest BCUT2D eigenvalue weighted by Gasteiger charge is 2.05. The molecule has 2 nitrogen and oxygen atoms in total. The molecule has 0 fully saturated rings. The van der Waals surface area contributed by atoms with Crippen LogP contribution in [0.3, 0.4) is 0 Å². The van der Waals surface area contributed by atoms with Crippen LogP contribution < -0.4 is 0 Å². The molecular formula is C10H7ClFNO. The Bertz CT molecular complexity index is 424. The zero-order valence-electron chi connectivity index (χ0n) is 7.21. The Balaban J connectivity index is 2.34. The van der Waals surface area contributed by atoms with E-state index < -0.39 is 0 Å². The average molecular weight is 212 g/mol. The summed E-state index contributed by atoms with van der Waals surface area (Å²) in [5.41, 5.74) is 1.48. The number of nitrogens with zero attached hydrogens (tertiary/aromatic N) is 1. The van der Waals surface area contributed by atoms with Crippen molar-refractivity contribution >= 4 is 11.6 Å². The number of aromatic nitrogens is 1. The summed E-state index contributed by atoms with van der Waals surface area (Å²) >= 11 is 5.56. The van der Waals surface area contributed by atoms with Gasteiger partial charge in [0.25, 0.3) is 0 Å². The van der Waals surface area contributed by atoms with E-state index in [1.807, 2.05) is 0 Å². The van der Waals surface area contributed by atoms with Crippen LogP contribution in [0, 0.1) is 5.82 Å². The maximum atomic E-state index is 12.6. The molecule has 0 unspecified atom stereocenters. The molecule has 0 atom stereocenters. The van der Waals surface area contributed by atoms with Crippen LogP contribution in [0.15, 0.2) is 34.9 Å². The van der Waals surface area contributed by atoms with Crippen LogP contribution in [0.4, 0.5) is 4.39 Å². The molecule has 1 aromatic carbocycles. The van der Waals surface area contributed by atoms with Crippen molar-refractivity contribution in [3.05, 3.63) is 41.9 Å². The SMILES string of the molecule is Fc1ccc(-c2cc(CCl)on2)cc1. The van der Waals surface area contributed by atoms with Crippen LogP contribution in [-0.4, -0.2) is 5.16 Å². The molecule has 0 saturated carbocycles. The Morgan fingerprint density at radius 3 is 2.57 bits per heavy atom. The summed E-state index contributed by atoms with van der Waals surface area (Å²) in [4.78, 5) is 0. The van der Waals surface area contributed by atoms with Crippen molar-refractivity contribution in [3.63, 3.8) is 0 Å². The third-order valence-electron chi connectivity index (χ3n) is 1.83. The van der Waals surface area contributed by atoms with Gasteiger partial charge in [0.2, 0.25) is 0 Å². The molecule has 0 bridgehead atoms. The van der Waals surface area contributed by atoms with E-state index in [2.05, 4.69) is 5.16 Å². The van der Waals surface area contributed by atoms with Gasteiger partial charge in [-0.2, -0.15) is 0 Å². The number of benzene rings is 1. The van der Waals surface area contributed by atoms with Crippen LogP contribution in [0.1, 0.15) is 5.76 Å². The molecule has 2 aromatic rings. The molecule has 0 aliphatic rings. The first-order chi connectivity index (χ1) is 6.79. The zero-order chi connectivity index (χ0) is 9.97. The minimum atomic E-state index is -0.269. The second-order valence-corrected chi connectivity index (χ2v) is 3.09. The van der Waals surface area contributed by atoms with Crippen LogP contribution >= 0.6 is 11.6 Å². The minimum Gasteiger partial charge on any atom is -0.359 e. The summed E-state index contributed by atoms with van der Waals surface area (Å²) in [6.45, 7) is 0. The second kappa shape index (κ2) is 3.80. The lowest BCUT2D eigenvalue weighted by Crippen LogP contribution is -1.77. The van der Waals surface area contributed by atoms with Crippen molar-refractivity contribution in [1.29, 1.82) is 0 Å². The molecule has 0 N–H and O–H groups in total. The fraction of sp³-hybridized carbons (Fsp3) is 0.100. The Morgan fingerprint density at radius 1 is 1.29 bits per heavy atom. The third kappa shape index (κ3) is 1.77. The number of rotatable bonds is 2. The Kier molecular flexibility index (Phi) is 2.50. The average Bonchev–Trinajstić information content (AvgIpc) is 2.67. The molecule has 72 valence electrons. The lowest BCUT2D eigenvalue weighted by atomic mass is 10.1. The highest BCUT2D eigenvalue weighted by Crippen LogP contribution is 2.19. The maximum absolute atomic E-state index is 12.6. The van der Waals surface area contributed by atoms with E-state index in [4.69, 9.17) is 16.1 Å². The summed E-state index contributed by atoms with van der Waals surface area (Å²) < 4.78 is 17.5. The van der Waals surface area contributed by atoms with E-state index in [-0.39, 0.29) is 11.7 Å². The van der Waals surface area contributed by atoms with Gasteiger partial charge in [-0.1, -0.05) is 5.16 Å². The van der Waals surface area contributed by atoms with Gasteiger partial charge < -0.3 is 4.52 Å². The Hall–Kier alpha value is -1.35. The van der Waals surface area contributed by atoms with Crippen LogP contribution in [0.5, 0.6) is 0 Å². The molecule has 1 aromatic heterocycles. The van der Waals surface area contributed by atoms with Crippen molar-refractivity contribution in [1.82, 2.24) is 5.16 Å². The first-order valence-electron chi connectivity index (χ1n) is 4.07. The number of hydrogen-bond donors (Lipinski definition) is 0. The molecule has 4 heteroatoms. The van der Waals surface area contributed by atoms with Crippen LogP contribution in [0.25, 0.3) is 11.3 Å². The highest BCUT2D eigenvalue weighted by atomic mass is 35.5. The van der Waals surface area contributed by atoms with Gasteiger partial charge in [0.05, 0.1) is 5.88 Å². The molecule has 0 amide bonds. The molecule has 1 heterocycles. The third-order valence-corrected chi connectivity index (χ3v) is 2.09. The summed E-state index contributed by atoms with van der Waals surface area (Å²) in [5.74, 6) is 0.620. The van der Waals surface area contributed by atoms with E-state index in [9.17, 15) is 4.39 Å². The summed E-state index contributed by atoms with van der Waals surface area (Å²) in [6.07, 6.45) is 0. The second-order valence-electron chi connectivity index (χ2n) is 2.82. The fourth-order valence-electron chi connectivity index (χ4n) is 1.13. The van der Waals surface area contributed by atoms with E-state index in [1.54, 1.807) is 18.2 Å². The summed E-state index contributed by atoms with van der Waals surface area (Å²) in [5, 5.41) is 3.81. The first kappa shape index (κ1) is 9.21. The van der Waals surface area contributed by atoms with Crippen molar-refractivity contribution in [2.75, 3.05) is 0 Å². The Labute approximate surface area is 85.3 Å². The zero-order valence-corrected chi connectivity index (χ0v) is 7.96. The molecule has 0 aliphatic heterocycles. The summed E-state index contributed by atoms with van der Waals surface area (Å²) in [6, 6.07) is 7.78. The van der Waals surface area contributed by atoms with Gasteiger partial charge in [0, 0.05) is 11.6 Å². The van der Waals surface area contributed by atoms with E-state index in [0.29, 0.717) is 11.5 Å². The van der Waals surface area contributed by atoms with Crippen molar-refractivity contribution in [2.24, 2.45) is 0 Å².